The summed E-state index contributed by atoms with van der Waals surface area (Å²) in [7, 11) is 0. The molecule has 0 bridgehead atoms. The summed E-state index contributed by atoms with van der Waals surface area (Å²) in [5, 5.41) is 10.7. The molecule has 0 aliphatic carbocycles. The van der Waals surface area contributed by atoms with Crippen LogP contribution in [-0.4, -0.2) is 39.7 Å². The number of aliphatic hydroxyl groups is 1. The Labute approximate surface area is 118 Å². The first kappa shape index (κ1) is 13.2. The maximum atomic E-state index is 12.3. The second kappa shape index (κ2) is 5.29. The summed E-state index contributed by atoms with van der Waals surface area (Å²) in [5.74, 6) is 0.112. The van der Waals surface area contributed by atoms with Crippen molar-refractivity contribution in [1.29, 1.82) is 0 Å². The molecular formula is C16H20N2O2. The van der Waals surface area contributed by atoms with E-state index in [1.165, 1.54) is 5.52 Å². The van der Waals surface area contributed by atoms with Gasteiger partial charge < -0.3 is 14.6 Å². The van der Waals surface area contributed by atoms with Crippen molar-refractivity contribution in [1.82, 2.24) is 9.47 Å². The Bertz CT molecular complexity index is 632. The van der Waals surface area contributed by atoms with Crippen LogP contribution in [0.25, 0.3) is 10.9 Å². The maximum Gasteiger partial charge on any atom is 0.227 e. The smallest absolute Gasteiger partial charge is 0.227 e. The third-order valence-corrected chi connectivity index (χ3v) is 4.07. The summed E-state index contributed by atoms with van der Waals surface area (Å²) >= 11 is 0. The SMILES string of the molecule is CCn1cc(CC(=O)N2CC[C@@H](O)C2)c2ccccc21. The van der Waals surface area contributed by atoms with Gasteiger partial charge in [-0.15, -0.1) is 0 Å². The predicted molar refractivity (Wildman–Crippen MR) is 78.5 cm³/mol. The molecule has 1 amide bonds. The van der Waals surface area contributed by atoms with Crippen LogP contribution in [0.15, 0.2) is 30.5 Å². The van der Waals surface area contributed by atoms with Crippen LogP contribution in [0.4, 0.5) is 0 Å². The van der Waals surface area contributed by atoms with Crippen LogP contribution < -0.4 is 0 Å². The number of aliphatic hydroxyl groups excluding tert-OH is 1. The second-order valence-corrected chi connectivity index (χ2v) is 5.42. The van der Waals surface area contributed by atoms with Crippen LogP contribution in [0.5, 0.6) is 0 Å². The maximum absolute atomic E-state index is 12.3. The Kier molecular flexibility index (Phi) is 3.49. The van der Waals surface area contributed by atoms with Gasteiger partial charge in [-0.25, -0.2) is 0 Å². The van der Waals surface area contributed by atoms with E-state index in [1.807, 2.05) is 12.1 Å². The number of aromatic nitrogens is 1. The molecule has 0 spiro atoms. The van der Waals surface area contributed by atoms with Crippen molar-refractivity contribution in [2.45, 2.75) is 32.4 Å². The predicted octanol–water partition coefficient (Wildman–Crippen LogP) is 1.80. The third-order valence-electron chi connectivity index (χ3n) is 4.07. The first-order chi connectivity index (χ1) is 9.69. The van der Waals surface area contributed by atoms with Crippen LogP contribution >= 0.6 is 0 Å². The van der Waals surface area contributed by atoms with E-state index in [1.54, 1.807) is 4.90 Å². The highest BCUT2D eigenvalue weighted by Crippen LogP contribution is 2.23. The number of fused-ring (bicyclic) bond motifs is 1. The molecule has 106 valence electrons. The topological polar surface area (TPSA) is 45.5 Å². The fourth-order valence-electron chi connectivity index (χ4n) is 2.97. The van der Waals surface area contributed by atoms with Gasteiger partial charge in [0, 0.05) is 36.7 Å². The summed E-state index contributed by atoms with van der Waals surface area (Å²) in [6.45, 7) is 4.16. The first-order valence-corrected chi connectivity index (χ1v) is 7.21. The molecule has 1 saturated heterocycles. The van der Waals surface area contributed by atoms with E-state index >= 15 is 0 Å². The van der Waals surface area contributed by atoms with Gasteiger partial charge in [-0.1, -0.05) is 18.2 Å². The van der Waals surface area contributed by atoms with Crippen molar-refractivity contribution in [3.63, 3.8) is 0 Å². The van der Waals surface area contributed by atoms with Crippen LogP contribution in [0.1, 0.15) is 18.9 Å². The summed E-state index contributed by atoms with van der Waals surface area (Å²) < 4.78 is 2.18. The average molecular weight is 272 g/mol. The van der Waals surface area contributed by atoms with Crippen molar-refractivity contribution in [2.75, 3.05) is 13.1 Å². The number of rotatable bonds is 3. The Morgan fingerprint density at radius 3 is 2.90 bits per heavy atom. The zero-order valence-corrected chi connectivity index (χ0v) is 11.7. The summed E-state index contributed by atoms with van der Waals surface area (Å²) in [6.07, 6.45) is 2.84. The molecule has 1 aliphatic rings. The number of hydrogen-bond acceptors (Lipinski definition) is 2. The molecule has 2 aromatic rings. The zero-order valence-electron chi connectivity index (χ0n) is 11.7. The molecule has 1 aromatic carbocycles. The largest absolute Gasteiger partial charge is 0.391 e. The Morgan fingerprint density at radius 1 is 1.40 bits per heavy atom. The lowest BCUT2D eigenvalue weighted by Crippen LogP contribution is -2.30. The molecule has 4 nitrogen and oxygen atoms in total. The molecule has 1 aromatic heterocycles. The van der Waals surface area contributed by atoms with Crippen molar-refractivity contribution >= 4 is 16.8 Å². The van der Waals surface area contributed by atoms with Crippen molar-refractivity contribution in [3.8, 4) is 0 Å². The lowest BCUT2D eigenvalue weighted by atomic mass is 10.1. The molecule has 20 heavy (non-hydrogen) atoms. The van der Waals surface area contributed by atoms with Gasteiger partial charge >= 0.3 is 0 Å². The highest BCUT2D eigenvalue weighted by atomic mass is 16.3. The van der Waals surface area contributed by atoms with Gasteiger partial charge in [0.15, 0.2) is 0 Å². The van der Waals surface area contributed by atoms with Gasteiger partial charge in [-0.05, 0) is 25.0 Å². The number of β-amino-alcohol motifs (C(OH)–C–C–N with tert-alkyl or cyclic N) is 1. The van der Waals surface area contributed by atoms with E-state index in [2.05, 4.69) is 29.8 Å². The molecular weight excluding hydrogens is 252 g/mol. The van der Waals surface area contributed by atoms with Crippen molar-refractivity contribution in [3.05, 3.63) is 36.0 Å². The second-order valence-electron chi connectivity index (χ2n) is 5.42. The number of benzene rings is 1. The number of nitrogens with zero attached hydrogens (tertiary/aromatic N) is 2. The summed E-state index contributed by atoms with van der Waals surface area (Å²) in [5.41, 5.74) is 2.26. The quantitative estimate of drug-likeness (QED) is 0.926. The standard InChI is InChI=1S/C16H20N2O2/c1-2-17-10-12(14-5-3-4-6-15(14)17)9-16(20)18-8-7-13(19)11-18/h3-6,10,13,19H,2,7-9,11H2,1H3/t13-/m1/s1. The van der Waals surface area contributed by atoms with Crippen LogP contribution in [0.3, 0.4) is 0 Å². The minimum Gasteiger partial charge on any atom is -0.391 e. The molecule has 0 radical (unpaired) electrons. The van der Waals surface area contributed by atoms with Gasteiger partial charge in [-0.2, -0.15) is 0 Å². The van der Waals surface area contributed by atoms with E-state index in [0.29, 0.717) is 25.9 Å². The molecule has 0 saturated carbocycles. The van der Waals surface area contributed by atoms with Gasteiger partial charge in [0.1, 0.15) is 0 Å². The first-order valence-electron chi connectivity index (χ1n) is 7.21. The monoisotopic (exact) mass is 272 g/mol. The number of carbonyl (C=O) groups is 1. The van der Waals surface area contributed by atoms with E-state index in [9.17, 15) is 9.90 Å². The molecule has 4 heteroatoms. The van der Waals surface area contributed by atoms with E-state index in [0.717, 1.165) is 17.5 Å². The molecule has 0 unspecified atom stereocenters. The molecule has 1 N–H and O–H groups in total. The molecule has 1 aliphatic heterocycles. The Balaban J connectivity index is 1.85. The van der Waals surface area contributed by atoms with Crippen molar-refractivity contribution < 1.29 is 9.90 Å². The highest BCUT2D eigenvalue weighted by molar-refractivity contribution is 5.89. The number of amides is 1. The van der Waals surface area contributed by atoms with Crippen LogP contribution in [-0.2, 0) is 17.8 Å². The highest BCUT2D eigenvalue weighted by Gasteiger charge is 2.25. The van der Waals surface area contributed by atoms with E-state index < -0.39 is 0 Å². The van der Waals surface area contributed by atoms with Crippen LogP contribution in [0.2, 0.25) is 0 Å². The lowest BCUT2D eigenvalue weighted by Gasteiger charge is -2.15. The fraction of sp³-hybridized carbons (Fsp3) is 0.438. The molecule has 1 atom stereocenters. The van der Waals surface area contributed by atoms with Crippen LogP contribution in [0, 0.1) is 0 Å². The third kappa shape index (κ3) is 2.31. The average Bonchev–Trinajstić information content (AvgIpc) is 3.03. The minimum absolute atomic E-state index is 0.112. The van der Waals surface area contributed by atoms with Gasteiger partial charge in [0.25, 0.3) is 0 Å². The number of para-hydroxylation sites is 1. The number of likely N-dealkylation sites (tertiary alicyclic amines) is 1. The molecule has 2 heterocycles. The van der Waals surface area contributed by atoms with Crippen molar-refractivity contribution in [2.24, 2.45) is 0 Å². The zero-order chi connectivity index (χ0) is 14.1. The summed E-state index contributed by atoms with van der Waals surface area (Å²) in [6, 6.07) is 8.20. The Hall–Kier alpha value is -1.81. The fourth-order valence-corrected chi connectivity index (χ4v) is 2.97. The number of hydrogen-bond donors (Lipinski definition) is 1. The molecule has 1 fully saturated rings. The molecule has 3 rings (SSSR count). The van der Waals surface area contributed by atoms with Gasteiger partial charge in [0.2, 0.25) is 5.91 Å². The number of aryl methyl sites for hydroxylation is 1. The van der Waals surface area contributed by atoms with E-state index in [-0.39, 0.29) is 12.0 Å². The number of carbonyl (C=O) groups excluding carboxylic acids is 1. The van der Waals surface area contributed by atoms with Gasteiger partial charge in [-0.3, -0.25) is 4.79 Å². The van der Waals surface area contributed by atoms with E-state index in [4.69, 9.17) is 0 Å². The minimum atomic E-state index is -0.351. The lowest BCUT2D eigenvalue weighted by molar-refractivity contribution is -0.129. The Morgan fingerprint density at radius 2 is 2.20 bits per heavy atom. The van der Waals surface area contributed by atoms with Gasteiger partial charge in [0.05, 0.1) is 12.5 Å². The normalized spacial score (nSPS) is 18.9. The summed E-state index contributed by atoms with van der Waals surface area (Å²) in [4.78, 5) is 14.1.